The highest BCUT2D eigenvalue weighted by molar-refractivity contribution is 5.94. The van der Waals surface area contributed by atoms with E-state index in [0.29, 0.717) is 25.1 Å². The van der Waals surface area contributed by atoms with E-state index in [1.165, 1.54) is 12.5 Å². The van der Waals surface area contributed by atoms with E-state index >= 15 is 0 Å². The van der Waals surface area contributed by atoms with Crippen LogP contribution in [0.15, 0.2) is 12.5 Å². The Morgan fingerprint density at radius 2 is 1.61 bits per heavy atom. The number of amides is 3. The molecule has 0 saturated heterocycles. The first-order chi connectivity index (χ1) is 17.0. The summed E-state index contributed by atoms with van der Waals surface area (Å²) in [6.45, 7) is 1.50. The van der Waals surface area contributed by atoms with Crippen LogP contribution in [0.5, 0.6) is 0 Å². The number of aromatic nitrogens is 2. The summed E-state index contributed by atoms with van der Waals surface area (Å²) < 4.78 is 0. The van der Waals surface area contributed by atoms with E-state index in [-0.39, 0.29) is 19.3 Å². The number of rotatable bonds is 17. The number of aliphatic carboxylic acids is 2. The van der Waals surface area contributed by atoms with Gasteiger partial charge >= 0.3 is 11.9 Å². The second-order valence-electron chi connectivity index (χ2n) is 8.29. The van der Waals surface area contributed by atoms with Crippen molar-refractivity contribution in [3.05, 3.63) is 18.2 Å². The SMILES string of the molecule is CC(O)C(NC(=O)C(CCC(=O)O)NC(=O)C(CCCCN)NC(=O)C(N)Cc1cnc[nH]1)C(=O)O. The van der Waals surface area contributed by atoms with Crippen molar-refractivity contribution in [3.8, 4) is 0 Å². The summed E-state index contributed by atoms with van der Waals surface area (Å²) in [5, 5.41) is 34.8. The number of nitrogens with two attached hydrogens (primary N) is 2. The molecule has 0 saturated carbocycles. The Balaban J connectivity index is 2.98. The number of H-pyrrole nitrogens is 1. The van der Waals surface area contributed by atoms with E-state index in [4.69, 9.17) is 16.6 Å². The van der Waals surface area contributed by atoms with Crippen LogP contribution in [-0.2, 0) is 30.4 Å². The van der Waals surface area contributed by atoms with Crippen molar-refractivity contribution in [3.63, 3.8) is 0 Å². The summed E-state index contributed by atoms with van der Waals surface area (Å²) in [5.41, 5.74) is 12.0. The lowest BCUT2D eigenvalue weighted by Crippen LogP contribution is -2.58. The lowest BCUT2D eigenvalue weighted by atomic mass is 10.0. The number of carbonyl (C=O) groups is 5. The van der Waals surface area contributed by atoms with Gasteiger partial charge in [0.05, 0.1) is 18.5 Å². The monoisotopic (exact) mass is 513 g/mol. The average Bonchev–Trinajstić information content (AvgIpc) is 3.31. The summed E-state index contributed by atoms with van der Waals surface area (Å²) in [6.07, 6.45) is 1.90. The number of imidazole rings is 1. The van der Waals surface area contributed by atoms with Crippen molar-refractivity contribution in [1.82, 2.24) is 25.9 Å². The van der Waals surface area contributed by atoms with Crippen molar-refractivity contribution in [2.75, 3.05) is 6.54 Å². The zero-order valence-corrected chi connectivity index (χ0v) is 20.0. The van der Waals surface area contributed by atoms with E-state index < -0.39 is 66.4 Å². The summed E-state index contributed by atoms with van der Waals surface area (Å²) in [4.78, 5) is 67.3. The maximum Gasteiger partial charge on any atom is 0.328 e. The maximum atomic E-state index is 13.0. The van der Waals surface area contributed by atoms with Gasteiger partial charge < -0.3 is 47.7 Å². The molecule has 0 spiro atoms. The number of aromatic amines is 1. The Morgan fingerprint density at radius 1 is 1.00 bits per heavy atom. The van der Waals surface area contributed by atoms with Crippen molar-refractivity contribution >= 4 is 29.7 Å². The zero-order valence-electron chi connectivity index (χ0n) is 20.0. The first-order valence-electron chi connectivity index (χ1n) is 11.4. The second-order valence-corrected chi connectivity index (χ2v) is 8.29. The molecule has 5 unspecified atom stereocenters. The quantitative estimate of drug-likeness (QED) is 0.0960. The van der Waals surface area contributed by atoms with Gasteiger partial charge in [-0.3, -0.25) is 19.2 Å². The fraction of sp³-hybridized carbons (Fsp3) is 0.619. The highest BCUT2D eigenvalue weighted by Crippen LogP contribution is 2.06. The molecule has 3 amide bonds. The Hall–Kier alpha value is -3.56. The molecule has 0 aliphatic rings. The van der Waals surface area contributed by atoms with Crippen molar-refractivity contribution in [2.45, 2.75) is 75.7 Å². The van der Waals surface area contributed by atoms with Gasteiger partial charge in [0.1, 0.15) is 12.1 Å². The fourth-order valence-corrected chi connectivity index (χ4v) is 3.22. The van der Waals surface area contributed by atoms with Gasteiger partial charge in [0.25, 0.3) is 0 Å². The maximum absolute atomic E-state index is 13.0. The van der Waals surface area contributed by atoms with Crippen LogP contribution in [0.4, 0.5) is 0 Å². The Morgan fingerprint density at radius 3 is 2.14 bits per heavy atom. The summed E-state index contributed by atoms with van der Waals surface area (Å²) in [5.74, 6) is -5.18. The van der Waals surface area contributed by atoms with Crippen LogP contribution in [0, 0.1) is 0 Å². The zero-order chi connectivity index (χ0) is 27.3. The minimum atomic E-state index is -1.68. The molecule has 36 heavy (non-hydrogen) atoms. The molecule has 1 aromatic heterocycles. The molecular weight excluding hydrogens is 478 g/mol. The van der Waals surface area contributed by atoms with Gasteiger partial charge in [-0.25, -0.2) is 9.78 Å². The fourth-order valence-electron chi connectivity index (χ4n) is 3.22. The van der Waals surface area contributed by atoms with Crippen LogP contribution in [0.2, 0.25) is 0 Å². The normalized spacial score (nSPS) is 15.1. The molecule has 0 aliphatic carbocycles. The van der Waals surface area contributed by atoms with Crippen LogP contribution in [-0.4, -0.2) is 91.8 Å². The predicted molar refractivity (Wildman–Crippen MR) is 125 cm³/mol. The summed E-state index contributed by atoms with van der Waals surface area (Å²) in [7, 11) is 0. The molecule has 0 bridgehead atoms. The number of hydrogen-bond donors (Lipinski definition) is 9. The molecule has 202 valence electrons. The van der Waals surface area contributed by atoms with Gasteiger partial charge in [0.15, 0.2) is 6.04 Å². The molecule has 0 aromatic carbocycles. The van der Waals surface area contributed by atoms with Gasteiger partial charge in [-0.1, -0.05) is 0 Å². The van der Waals surface area contributed by atoms with Crippen LogP contribution in [0.3, 0.4) is 0 Å². The molecule has 0 radical (unpaired) electrons. The van der Waals surface area contributed by atoms with Crippen molar-refractivity contribution in [2.24, 2.45) is 11.5 Å². The molecule has 1 heterocycles. The lowest BCUT2D eigenvalue weighted by molar-refractivity contribution is -0.145. The van der Waals surface area contributed by atoms with E-state index in [1.54, 1.807) is 0 Å². The molecule has 15 heteroatoms. The van der Waals surface area contributed by atoms with Gasteiger partial charge in [0, 0.05) is 24.7 Å². The third kappa shape index (κ3) is 10.8. The Labute approximate surface area is 207 Å². The summed E-state index contributed by atoms with van der Waals surface area (Å²) in [6, 6.07) is -5.25. The largest absolute Gasteiger partial charge is 0.481 e. The van der Waals surface area contributed by atoms with Crippen molar-refractivity contribution < 1.29 is 39.3 Å². The van der Waals surface area contributed by atoms with E-state index in [9.17, 15) is 34.2 Å². The number of nitrogens with one attached hydrogen (secondary N) is 4. The van der Waals surface area contributed by atoms with E-state index in [0.717, 1.165) is 6.92 Å². The number of aliphatic hydroxyl groups excluding tert-OH is 1. The van der Waals surface area contributed by atoms with Gasteiger partial charge in [-0.2, -0.15) is 0 Å². The van der Waals surface area contributed by atoms with Crippen LogP contribution < -0.4 is 27.4 Å². The average molecular weight is 514 g/mol. The smallest absolute Gasteiger partial charge is 0.328 e. The highest BCUT2D eigenvalue weighted by atomic mass is 16.4. The van der Waals surface area contributed by atoms with Gasteiger partial charge in [0.2, 0.25) is 17.7 Å². The number of unbranched alkanes of at least 4 members (excludes halogenated alkanes) is 1. The van der Waals surface area contributed by atoms with Gasteiger partial charge in [-0.05, 0) is 39.2 Å². The Bertz CT molecular complexity index is 878. The van der Waals surface area contributed by atoms with E-state index in [2.05, 4.69) is 25.9 Å². The number of carboxylic acids is 2. The van der Waals surface area contributed by atoms with E-state index in [1.807, 2.05) is 0 Å². The Kier molecular flexibility index (Phi) is 13.1. The first kappa shape index (κ1) is 30.5. The third-order valence-corrected chi connectivity index (χ3v) is 5.24. The second kappa shape index (κ2) is 15.4. The predicted octanol–water partition coefficient (Wildman–Crippen LogP) is -2.81. The number of carboxylic acid groups (broad SMARTS) is 2. The lowest BCUT2D eigenvalue weighted by Gasteiger charge is -2.25. The molecule has 11 N–H and O–H groups in total. The first-order valence-corrected chi connectivity index (χ1v) is 11.4. The van der Waals surface area contributed by atoms with Crippen LogP contribution in [0.25, 0.3) is 0 Å². The molecule has 0 fully saturated rings. The molecule has 1 rings (SSSR count). The minimum Gasteiger partial charge on any atom is -0.481 e. The molecular formula is C21H35N7O8. The topological polar surface area (TPSA) is 263 Å². The van der Waals surface area contributed by atoms with Crippen LogP contribution in [0.1, 0.15) is 44.7 Å². The minimum absolute atomic E-state index is 0.128. The highest BCUT2D eigenvalue weighted by Gasteiger charge is 2.32. The number of hydrogen-bond acceptors (Lipinski definition) is 9. The molecule has 5 atom stereocenters. The van der Waals surface area contributed by atoms with Crippen LogP contribution >= 0.6 is 0 Å². The third-order valence-electron chi connectivity index (χ3n) is 5.24. The number of carbonyl (C=O) groups excluding carboxylic acids is 3. The molecule has 15 nitrogen and oxygen atoms in total. The number of nitrogens with zero attached hydrogens (tertiary/aromatic N) is 1. The molecule has 0 aliphatic heterocycles. The standard InChI is InChI=1S/C21H35N7O8/c1-11(29)17(21(35)36)28-20(34)15(5-6-16(30)31)27-19(33)14(4-2-3-7-22)26-18(32)13(23)8-12-9-24-10-25-12/h9-11,13-15,17,29H,2-8,22-23H2,1H3,(H,24,25)(H,26,32)(H,27,33)(H,28,34)(H,30,31)(H,35,36). The van der Waals surface area contributed by atoms with Crippen molar-refractivity contribution in [1.29, 1.82) is 0 Å². The number of aliphatic hydroxyl groups is 1. The molecule has 1 aromatic rings. The van der Waals surface area contributed by atoms with Gasteiger partial charge in [-0.15, -0.1) is 0 Å². The summed E-state index contributed by atoms with van der Waals surface area (Å²) >= 11 is 0.